The molecular weight excluding hydrogens is 544 g/mol. The van der Waals surface area contributed by atoms with Crippen LogP contribution in [0.15, 0.2) is 12.2 Å². The van der Waals surface area contributed by atoms with Gasteiger partial charge in [-0.05, 0) is 58.8 Å². The molecule has 0 radical (unpaired) electrons. The summed E-state index contributed by atoms with van der Waals surface area (Å²) in [6.45, 7) is 10.2. The Labute approximate surface area is 261 Å². The van der Waals surface area contributed by atoms with Gasteiger partial charge in [-0.2, -0.15) is 0 Å². The Kier molecular flexibility index (Phi) is 16.9. The summed E-state index contributed by atoms with van der Waals surface area (Å²) in [6.07, 6.45) is 23.4. The average molecular weight is 607 g/mol. The molecule has 1 aliphatic carbocycles. The molecule has 2 amide bonds. The molecule has 1 saturated heterocycles. The lowest BCUT2D eigenvalue weighted by Crippen LogP contribution is -2.56. The molecule has 1 heterocycles. The molecule has 43 heavy (non-hydrogen) atoms. The first-order chi connectivity index (χ1) is 20.5. The highest BCUT2D eigenvalue weighted by atomic mass is 16.7. The lowest BCUT2D eigenvalue weighted by atomic mass is 9.85. The normalized spacial score (nSPS) is 20.6. The molecule has 1 atom stereocenters. The fourth-order valence-corrected chi connectivity index (χ4v) is 5.84. The van der Waals surface area contributed by atoms with Crippen molar-refractivity contribution < 1.29 is 28.6 Å². The van der Waals surface area contributed by atoms with E-state index in [2.05, 4.69) is 29.7 Å². The van der Waals surface area contributed by atoms with Crippen LogP contribution in [0.25, 0.3) is 0 Å². The van der Waals surface area contributed by atoms with Gasteiger partial charge in [0.25, 0.3) is 0 Å². The quantitative estimate of drug-likeness (QED) is 0.0602. The smallest absolute Gasteiger partial charge is 0.309 e. The van der Waals surface area contributed by atoms with Crippen LogP contribution in [0.1, 0.15) is 157 Å². The summed E-state index contributed by atoms with van der Waals surface area (Å²) in [4.78, 5) is 38.2. The van der Waals surface area contributed by atoms with E-state index in [0.717, 1.165) is 38.5 Å². The van der Waals surface area contributed by atoms with E-state index in [1.807, 2.05) is 13.8 Å². The predicted octanol–water partition coefficient (Wildman–Crippen LogP) is 7.64. The Morgan fingerprint density at radius 2 is 1.40 bits per heavy atom. The van der Waals surface area contributed by atoms with Crippen LogP contribution in [0.4, 0.5) is 0 Å². The molecule has 0 aromatic carbocycles. The van der Waals surface area contributed by atoms with Gasteiger partial charge in [-0.3, -0.25) is 14.4 Å². The van der Waals surface area contributed by atoms with Gasteiger partial charge in [0.15, 0.2) is 11.5 Å². The number of carbonyl (C=O) groups excluding carboxylic acids is 3. The minimum atomic E-state index is -0.921. The van der Waals surface area contributed by atoms with Crippen LogP contribution in [0.5, 0.6) is 0 Å². The number of hydrogen-bond acceptors (Lipinski definition) is 6. The standard InChI is InChI=1S/C35H62N2O6/c1-6-7-8-9-10-11-12-13-14-15-16-17-18-19-20-23-29(38)37-35(25-21-22-26-35)42-30(39)24-27-36-32(40)31-33(2,3)28-41-34(4,5)43-31/h13-14,31H,6-12,15-28H2,1-5H3,(H,36,40)(H,37,38)/b14-13-. The Hall–Kier alpha value is -1.93. The van der Waals surface area contributed by atoms with Crippen LogP contribution >= 0.6 is 0 Å². The Balaban J connectivity index is 1.58. The van der Waals surface area contributed by atoms with Crippen LogP contribution in [0.2, 0.25) is 0 Å². The summed E-state index contributed by atoms with van der Waals surface area (Å²) in [6, 6.07) is 0. The summed E-state index contributed by atoms with van der Waals surface area (Å²) in [5, 5.41) is 5.85. The molecule has 0 spiro atoms. The van der Waals surface area contributed by atoms with Crippen LogP contribution in [-0.2, 0) is 28.6 Å². The predicted molar refractivity (Wildman–Crippen MR) is 171 cm³/mol. The second-order valence-corrected chi connectivity index (χ2v) is 13.8. The van der Waals surface area contributed by atoms with Crippen molar-refractivity contribution in [2.24, 2.45) is 5.41 Å². The molecule has 0 bridgehead atoms. The lowest BCUT2D eigenvalue weighted by Gasteiger charge is -2.44. The summed E-state index contributed by atoms with van der Waals surface area (Å²) in [5.41, 5.74) is -1.40. The number of amides is 2. The molecule has 1 saturated carbocycles. The molecule has 2 fully saturated rings. The zero-order chi connectivity index (χ0) is 31.6. The van der Waals surface area contributed by atoms with Crippen molar-refractivity contribution in [2.45, 2.75) is 174 Å². The molecule has 8 heteroatoms. The zero-order valence-corrected chi connectivity index (χ0v) is 28.0. The van der Waals surface area contributed by atoms with Gasteiger partial charge in [-0.1, -0.05) is 84.3 Å². The molecule has 2 aliphatic rings. The number of nitrogens with one attached hydrogen (secondary N) is 2. The largest absolute Gasteiger partial charge is 0.439 e. The zero-order valence-electron chi connectivity index (χ0n) is 28.0. The third-order valence-electron chi connectivity index (χ3n) is 8.52. The van der Waals surface area contributed by atoms with E-state index in [-0.39, 0.29) is 24.8 Å². The van der Waals surface area contributed by atoms with E-state index in [0.29, 0.717) is 25.9 Å². The van der Waals surface area contributed by atoms with Crippen LogP contribution < -0.4 is 10.6 Å². The van der Waals surface area contributed by atoms with Crippen molar-refractivity contribution in [3.63, 3.8) is 0 Å². The van der Waals surface area contributed by atoms with Gasteiger partial charge in [0.05, 0.1) is 13.0 Å². The highest BCUT2D eigenvalue weighted by Crippen LogP contribution is 2.35. The highest BCUT2D eigenvalue weighted by molar-refractivity contribution is 5.82. The second kappa shape index (κ2) is 19.5. The number of unbranched alkanes of at least 4 members (excludes halogenated alkanes) is 11. The monoisotopic (exact) mass is 606 g/mol. The molecule has 1 unspecified atom stereocenters. The minimum Gasteiger partial charge on any atom is -0.439 e. The minimum absolute atomic E-state index is 0.0324. The summed E-state index contributed by atoms with van der Waals surface area (Å²) in [5.74, 6) is -1.58. The number of rotatable bonds is 21. The number of hydrogen-bond donors (Lipinski definition) is 2. The van der Waals surface area contributed by atoms with Gasteiger partial charge < -0.3 is 24.8 Å². The van der Waals surface area contributed by atoms with Gasteiger partial charge in [-0.25, -0.2) is 0 Å². The number of allylic oxidation sites excluding steroid dienone is 2. The Bertz CT molecular complexity index is 862. The molecule has 248 valence electrons. The van der Waals surface area contributed by atoms with E-state index in [9.17, 15) is 14.4 Å². The molecule has 2 rings (SSSR count). The first-order valence-electron chi connectivity index (χ1n) is 17.3. The molecule has 1 aliphatic heterocycles. The van der Waals surface area contributed by atoms with E-state index in [1.165, 1.54) is 57.8 Å². The summed E-state index contributed by atoms with van der Waals surface area (Å²) < 4.78 is 17.4. The van der Waals surface area contributed by atoms with Gasteiger partial charge in [0.1, 0.15) is 6.10 Å². The van der Waals surface area contributed by atoms with Crippen molar-refractivity contribution >= 4 is 17.8 Å². The topological polar surface area (TPSA) is 103 Å². The average Bonchev–Trinajstić information content (AvgIpc) is 3.39. The van der Waals surface area contributed by atoms with Gasteiger partial charge in [-0.15, -0.1) is 0 Å². The molecule has 0 aromatic heterocycles. The maximum absolute atomic E-state index is 12.8. The third kappa shape index (κ3) is 15.1. The van der Waals surface area contributed by atoms with Gasteiger partial charge in [0.2, 0.25) is 11.8 Å². The summed E-state index contributed by atoms with van der Waals surface area (Å²) in [7, 11) is 0. The summed E-state index contributed by atoms with van der Waals surface area (Å²) >= 11 is 0. The van der Waals surface area contributed by atoms with Crippen LogP contribution in [0, 0.1) is 5.41 Å². The van der Waals surface area contributed by atoms with Gasteiger partial charge in [0, 0.05) is 31.2 Å². The van der Waals surface area contributed by atoms with Crippen molar-refractivity contribution in [3.05, 3.63) is 12.2 Å². The maximum atomic E-state index is 12.8. The molecule has 0 aromatic rings. The fourth-order valence-electron chi connectivity index (χ4n) is 5.84. The maximum Gasteiger partial charge on any atom is 0.309 e. The van der Waals surface area contributed by atoms with E-state index in [1.54, 1.807) is 13.8 Å². The third-order valence-corrected chi connectivity index (χ3v) is 8.52. The van der Waals surface area contributed by atoms with E-state index < -0.39 is 29.0 Å². The molecule has 2 N–H and O–H groups in total. The number of carbonyl (C=O) groups is 3. The Morgan fingerprint density at radius 3 is 2.02 bits per heavy atom. The SMILES string of the molecule is CCCCCCCC/C=C\CCCCCCCC(=O)NC1(OC(=O)CCNC(=O)C2OC(C)(C)OCC2(C)C)CCCC1. The van der Waals surface area contributed by atoms with Crippen molar-refractivity contribution in [2.75, 3.05) is 13.2 Å². The second-order valence-electron chi connectivity index (χ2n) is 13.8. The number of ether oxygens (including phenoxy) is 3. The first kappa shape index (κ1) is 37.3. The molecule has 8 nitrogen and oxygen atoms in total. The lowest BCUT2D eigenvalue weighted by molar-refractivity contribution is -0.304. The van der Waals surface area contributed by atoms with Crippen molar-refractivity contribution in [1.82, 2.24) is 10.6 Å². The fraction of sp³-hybridized carbons (Fsp3) is 0.857. The molecular formula is C35H62N2O6. The highest BCUT2D eigenvalue weighted by Gasteiger charge is 2.45. The van der Waals surface area contributed by atoms with E-state index in [4.69, 9.17) is 14.2 Å². The van der Waals surface area contributed by atoms with Crippen molar-refractivity contribution in [3.8, 4) is 0 Å². The first-order valence-corrected chi connectivity index (χ1v) is 17.3. The number of esters is 1. The van der Waals surface area contributed by atoms with Gasteiger partial charge >= 0.3 is 5.97 Å². The van der Waals surface area contributed by atoms with Crippen LogP contribution in [-0.4, -0.2) is 48.6 Å². The van der Waals surface area contributed by atoms with Crippen LogP contribution in [0.3, 0.4) is 0 Å². The Morgan fingerprint density at radius 1 is 0.814 bits per heavy atom. The van der Waals surface area contributed by atoms with E-state index >= 15 is 0 Å². The van der Waals surface area contributed by atoms with Crippen molar-refractivity contribution in [1.29, 1.82) is 0 Å².